The van der Waals surface area contributed by atoms with Crippen molar-refractivity contribution in [1.29, 1.82) is 0 Å². The maximum atomic E-state index is 13.0. The van der Waals surface area contributed by atoms with Crippen molar-refractivity contribution in [3.05, 3.63) is 64.2 Å². The zero-order valence-corrected chi connectivity index (χ0v) is 16.6. The molecular weight excluding hydrogens is 475 g/mol. The van der Waals surface area contributed by atoms with Gasteiger partial charge in [0.25, 0.3) is 0 Å². The lowest BCUT2D eigenvalue weighted by Crippen LogP contribution is -2.14. The molecule has 0 saturated heterocycles. The van der Waals surface area contributed by atoms with E-state index >= 15 is 0 Å². The van der Waals surface area contributed by atoms with Crippen LogP contribution in [0.25, 0.3) is 11.4 Å². The van der Waals surface area contributed by atoms with Crippen LogP contribution in [-0.4, -0.2) is 31.1 Å². The lowest BCUT2D eigenvalue weighted by molar-refractivity contribution is -0.143. The van der Waals surface area contributed by atoms with E-state index in [9.17, 15) is 31.5 Å². The summed E-state index contributed by atoms with van der Waals surface area (Å²) in [6.07, 6.45) is -10.0. The molecule has 0 atom stereocenters. The van der Waals surface area contributed by atoms with Crippen LogP contribution in [0.2, 0.25) is 5.02 Å². The maximum Gasteiger partial charge on any atom is 0.416 e. The molecule has 0 aliphatic rings. The van der Waals surface area contributed by atoms with Gasteiger partial charge in [-0.1, -0.05) is 28.9 Å². The van der Waals surface area contributed by atoms with Crippen LogP contribution in [0.4, 0.5) is 26.3 Å². The van der Waals surface area contributed by atoms with E-state index in [4.69, 9.17) is 11.6 Å². The Kier molecular flexibility index (Phi) is 7.17. The molecule has 0 fully saturated rings. The van der Waals surface area contributed by atoms with Gasteiger partial charge in [0.2, 0.25) is 5.82 Å². The topological polar surface area (TPSA) is 76.2 Å². The molecule has 0 unspecified atom stereocenters. The van der Waals surface area contributed by atoms with E-state index < -0.39 is 34.9 Å². The van der Waals surface area contributed by atoms with Gasteiger partial charge in [-0.2, -0.15) is 31.1 Å². The van der Waals surface area contributed by atoms with Crippen molar-refractivity contribution in [1.82, 2.24) is 20.2 Å². The van der Waals surface area contributed by atoms with Gasteiger partial charge in [0, 0.05) is 16.1 Å². The molecule has 1 heterocycles. The third-order valence-corrected chi connectivity index (χ3v) is 4.14. The van der Waals surface area contributed by atoms with Crippen molar-refractivity contribution in [3.63, 3.8) is 0 Å². The third kappa shape index (κ3) is 5.85. The van der Waals surface area contributed by atoms with Gasteiger partial charge >= 0.3 is 12.4 Å². The van der Waals surface area contributed by atoms with Crippen LogP contribution in [-0.2, 0) is 18.9 Å². The van der Waals surface area contributed by atoms with Gasteiger partial charge in [0.05, 0.1) is 11.1 Å². The van der Waals surface area contributed by atoms with Gasteiger partial charge in [-0.05, 0) is 35.5 Å². The minimum Gasteiger partial charge on any atom is -0.411 e. The summed E-state index contributed by atoms with van der Waals surface area (Å²) < 4.78 is 78.1. The van der Waals surface area contributed by atoms with Crippen molar-refractivity contribution < 1.29 is 31.5 Å². The smallest absolute Gasteiger partial charge is 0.411 e. The number of oxime groups is 1. The molecule has 166 valence electrons. The highest BCUT2D eigenvalue weighted by Gasteiger charge is 2.37. The zero-order chi connectivity index (χ0) is 22.1. The van der Waals surface area contributed by atoms with Gasteiger partial charge in [0.1, 0.15) is 12.3 Å². The molecule has 0 amide bonds. The van der Waals surface area contributed by atoms with E-state index in [2.05, 4.69) is 20.6 Å². The highest BCUT2D eigenvalue weighted by Crippen LogP contribution is 2.37. The number of tetrazole rings is 1. The van der Waals surface area contributed by atoms with Crippen LogP contribution in [0, 0.1) is 0 Å². The Balaban J connectivity index is 0.00000341. The molecule has 0 saturated carbocycles. The fraction of sp³-hybridized carbons (Fsp3) is 0.176. The molecule has 0 aliphatic carbocycles. The maximum absolute atomic E-state index is 13.0. The third-order valence-electron chi connectivity index (χ3n) is 3.89. The molecule has 2 aromatic carbocycles. The molecule has 3 aromatic rings. The number of nitrogens with zero attached hydrogens (tertiary/aromatic N) is 5. The molecule has 14 heteroatoms. The van der Waals surface area contributed by atoms with Crippen molar-refractivity contribution in [2.24, 2.45) is 5.16 Å². The Hall–Kier alpha value is -2.86. The average molecular weight is 486 g/mol. The average Bonchev–Trinajstić information content (AvgIpc) is 3.14. The van der Waals surface area contributed by atoms with E-state index in [0.29, 0.717) is 22.7 Å². The molecule has 0 aliphatic heterocycles. The summed E-state index contributed by atoms with van der Waals surface area (Å²) in [6, 6.07) is 7.14. The minimum absolute atomic E-state index is 0. The first-order valence-electron chi connectivity index (χ1n) is 8.02. The predicted octanol–water partition coefficient (Wildman–Crippen LogP) is 5.33. The monoisotopic (exact) mass is 485 g/mol. The summed E-state index contributed by atoms with van der Waals surface area (Å²) in [5.74, 6) is -0.458. The molecule has 3 rings (SSSR count). The van der Waals surface area contributed by atoms with Crippen molar-refractivity contribution >= 4 is 29.7 Å². The van der Waals surface area contributed by atoms with E-state index in [-0.39, 0.29) is 30.7 Å². The van der Waals surface area contributed by atoms with Crippen LogP contribution in [0.15, 0.2) is 47.6 Å². The number of alkyl halides is 6. The van der Waals surface area contributed by atoms with E-state index in [0.717, 1.165) is 4.80 Å². The number of benzene rings is 2. The molecule has 1 aromatic heterocycles. The summed E-state index contributed by atoms with van der Waals surface area (Å²) >= 11 is 5.78. The highest BCUT2D eigenvalue weighted by atomic mass is 35.5. The normalized spacial score (nSPS) is 12.5. The van der Waals surface area contributed by atoms with Gasteiger partial charge in [-0.15, -0.1) is 22.6 Å². The van der Waals surface area contributed by atoms with Crippen molar-refractivity contribution in [2.45, 2.75) is 18.9 Å². The van der Waals surface area contributed by atoms with Gasteiger partial charge in [-0.25, -0.2) is 0 Å². The largest absolute Gasteiger partial charge is 0.416 e. The van der Waals surface area contributed by atoms with Crippen LogP contribution >= 0.6 is 24.0 Å². The Morgan fingerprint density at radius 1 is 0.968 bits per heavy atom. The van der Waals surface area contributed by atoms with Crippen LogP contribution in [0.1, 0.15) is 16.7 Å². The quantitative estimate of drug-likeness (QED) is 0.234. The first kappa shape index (κ1) is 24.4. The summed E-state index contributed by atoms with van der Waals surface area (Å²) in [6.45, 7) is -0.254. The highest BCUT2D eigenvalue weighted by molar-refractivity contribution is 6.30. The number of hydrogen-bond acceptors (Lipinski definition) is 5. The molecule has 0 bridgehead atoms. The minimum atomic E-state index is -5.00. The van der Waals surface area contributed by atoms with Crippen molar-refractivity contribution in [3.8, 4) is 11.4 Å². The SMILES string of the molecule is Cl.O/N=C(/Cn1nnc(-c2cc(C(F)(F)F)cc(C(F)(F)F)c2)n1)c1ccc(Cl)cc1. The second-order valence-electron chi connectivity index (χ2n) is 5.99. The fourth-order valence-electron chi connectivity index (χ4n) is 2.47. The zero-order valence-electron chi connectivity index (χ0n) is 15.0. The summed E-state index contributed by atoms with van der Waals surface area (Å²) in [5, 5.41) is 23.7. The molecule has 1 N–H and O–H groups in total. The second kappa shape index (κ2) is 9.10. The summed E-state index contributed by atoms with van der Waals surface area (Å²) in [7, 11) is 0. The molecular formula is C17H11Cl2F6N5O. The predicted molar refractivity (Wildman–Crippen MR) is 100 cm³/mol. The van der Waals surface area contributed by atoms with Gasteiger partial charge in [-0.3, -0.25) is 0 Å². The van der Waals surface area contributed by atoms with E-state index in [1.54, 1.807) is 0 Å². The lowest BCUT2D eigenvalue weighted by Gasteiger charge is -2.12. The number of hydrogen-bond donors (Lipinski definition) is 1. The van der Waals surface area contributed by atoms with Gasteiger partial charge in [0.15, 0.2) is 0 Å². The van der Waals surface area contributed by atoms with E-state index in [1.807, 2.05) is 0 Å². The Morgan fingerprint density at radius 2 is 1.52 bits per heavy atom. The lowest BCUT2D eigenvalue weighted by atomic mass is 10.0. The van der Waals surface area contributed by atoms with Crippen LogP contribution < -0.4 is 0 Å². The number of rotatable bonds is 4. The summed E-state index contributed by atoms with van der Waals surface area (Å²) in [4.78, 5) is 0.868. The Morgan fingerprint density at radius 3 is 2.00 bits per heavy atom. The van der Waals surface area contributed by atoms with E-state index in [1.165, 1.54) is 24.3 Å². The molecule has 6 nitrogen and oxygen atoms in total. The van der Waals surface area contributed by atoms with Crippen LogP contribution in [0.5, 0.6) is 0 Å². The van der Waals surface area contributed by atoms with Gasteiger partial charge < -0.3 is 5.21 Å². The molecule has 31 heavy (non-hydrogen) atoms. The Bertz CT molecular complexity index is 1050. The molecule has 0 radical (unpaired) electrons. The Labute approximate surface area is 181 Å². The van der Waals surface area contributed by atoms with Crippen molar-refractivity contribution in [2.75, 3.05) is 0 Å². The second-order valence-corrected chi connectivity index (χ2v) is 6.43. The fourth-order valence-corrected chi connectivity index (χ4v) is 2.59. The summed E-state index contributed by atoms with van der Waals surface area (Å²) in [5.41, 5.74) is -3.00. The molecule has 0 spiro atoms. The standard InChI is InChI=1S/C17H10ClF6N5O.ClH/c18-13-3-1-9(2-4-13)14(27-30)8-29-26-15(25-28-29)10-5-11(16(19,20)21)7-12(6-10)17(22,23)24;/h1-7,30H,8H2;1H/b27-14-;. The first-order chi connectivity index (χ1) is 14.0. The number of aromatic nitrogens is 4. The number of halogens is 8. The van der Waals surface area contributed by atoms with Crippen LogP contribution in [0.3, 0.4) is 0 Å². The first-order valence-corrected chi connectivity index (χ1v) is 8.39.